The zero-order chi connectivity index (χ0) is 24.7. The van der Waals surface area contributed by atoms with Gasteiger partial charge in [-0.1, -0.05) is 12.1 Å². The van der Waals surface area contributed by atoms with Crippen LogP contribution in [0, 0.1) is 20.8 Å². The highest BCUT2D eigenvalue weighted by atomic mass is 32.1. The van der Waals surface area contributed by atoms with Crippen LogP contribution in [0.2, 0.25) is 0 Å². The lowest BCUT2D eigenvalue weighted by Crippen LogP contribution is -2.11. The lowest BCUT2D eigenvalue weighted by molar-refractivity contribution is -0.117. The van der Waals surface area contributed by atoms with Crippen molar-refractivity contribution in [3.05, 3.63) is 75.8 Å². The van der Waals surface area contributed by atoms with E-state index in [1.807, 2.05) is 51.1 Å². The molecule has 35 heavy (non-hydrogen) atoms. The van der Waals surface area contributed by atoms with Crippen molar-refractivity contribution in [1.82, 2.24) is 15.0 Å². The number of aryl methyl sites for hydroxylation is 4. The molecular formula is C27H25N5O2S. The van der Waals surface area contributed by atoms with E-state index >= 15 is 0 Å². The van der Waals surface area contributed by atoms with E-state index in [0.29, 0.717) is 24.1 Å². The van der Waals surface area contributed by atoms with Gasteiger partial charge in [0, 0.05) is 23.2 Å². The monoisotopic (exact) mass is 483 g/mol. The topological polar surface area (TPSA) is 114 Å². The number of benzene rings is 3. The molecule has 0 aliphatic carbocycles. The molecule has 0 aliphatic rings. The van der Waals surface area contributed by atoms with E-state index in [4.69, 9.17) is 10.7 Å². The number of aromatic amines is 1. The molecule has 8 heteroatoms. The Bertz CT molecular complexity index is 1590. The quantitative estimate of drug-likeness (QED) is 0.299. The number of carbonyl (C=O) groups is 2. The van der Waals surface area contributed by atoms with Crippen LogP contribution in [0.1, 0.15) is 38.5 Å². The Morgan fingerprint density at radius 1 is 0.971 bits per heavy atom. The van der Waals surface area contributed by atoms with Crippen LogP contribution in [0.5, 0.6) is 0 Å². The number of H-pyrrole nitrogens is 1. The molecule has 5 aromatic rings. The van der Waals surface area contributed by atoms with E-state index < -0.39 is 0 Å². The maximum Gasteiger partial charge on any atom is 0.255 e. The van der Waals surface area contributed by atoms with Crippen molar-refractivity contribution < 1.29 is 9.59 Å². The predicted octanol–water partition coefficient (Wildman–Crippen LogP) is 5.44. The number of nitrogens with zero attached hydrogens (tertiary/aromatic N) is 2. The summed E-state index contributed by atoms with van der Waals surface area (Å²) in [5.41, 5.74) is 13.2. The average Bonchev–Trinajstić information content (AvgIpc) is 3.38. The highest BCUT2D eigenvalue weighted by Gasteiger charge is 2.15. The van der Waals surface area contributed by atoms with E-state index in [-0.39, 0.29) is 11.8 Å². The third-order valence-electron chi connectivity index (χ3n) is 5.99. The Labute approximate surface area is 206 Å². The van der Waals surface area contributed by atoms with Crippen LogP contribution in [0.4, 0.5) is 5.69 Å². The number of amides is 2. The Morgan fingerprint density at radius 3 is 2.49 bits per heavy atom. The number of thiazole rings is 1. The second-order valence-electron chi connectivity index (χ2n) is 8.76. The summed E-state index contributed by atoms with van der Waals surface area (Å²) in [5, 5.41) is 3.96. The van der Waals surface area contributed by atoms with Gasteiger partial charge in [0.15, 0.2) is 0 Å². The molecule has 0 atom stereocenters. The molecule has 2 heterocycles. The summed E-state index contributed by atoms with van der Waals surface area (Å²) in [6.07, 6.45) is 0.940. The third-order valence-corrected chi connectivity index (χ3v) is 6.94. The van der Waals surface area contributed by atoms with Crippen LogP contribution in [0.15, 0.2) is 48.5 Å². The molecule has 0 bridgehead atoms. The van der Waals surface area contributed by atoms with Crippen molar-refractivity contribution in [2.75, 3.05) is 5.32 Å². The summed E-state index contributed by atoms with van der Waals surface area (Å²) in [5.74, 6) is 0.249. The molecule has 7 nitrogen and oxygen atoms in total. The molecule has 5 rings (SSSR count). The highest BCUT2D eigenvalue weighted by molar-refractivity contribution is 7.18. The zero-order valence-corrected chi connectivity index (χ0v) is 20.5. The van der Waals surface area contributed by atoms with Crippen LogP contribution >= 0.6 is 11.3 Å². The van der Waals surface area contributed by atoms with Gasteiger partial charge in [-0.05, 0) is 80.3 Å². The van der Waals surface area contributed by atoms with Crippen molar-refractivity contribution in [3.63, 3.8) is 0 Å². The fourth-order valence-corrected chi connectivity index (χ4v) is 5.24. The van der Waals surface area contributed by atoms with Crippen molar-refractivity contribution >= 4 is 50.1 Å². The van der Waals surface area contributed by atoms with Crippen LogP contribution in [0.25, 0.3) is 32.6 Å². The smallest absolute Gasteiger partial charge is 0.255 e. The van der Waals surface area contributed by atoms with Gasteiger partial charge in [0.05, 0.1) is 26.3 Å². The maximum atomic E-state index is 12.9. The fourth-order valence-electron chi connectivity index (χ4n) is 4.43. The summed E-state index contributed by atoms with van der Waals surface area (Å²) < 4.78 is 1.10. The largest absolute Gasteiger partial charge is 0.370 e. The number of fused-ring (bicyclic) bond motifs is 2. The van der Waals surface area contributed by atoms with Crippen molar-refractivity contribution in [3.8, 4) is 11.4 Å². The number of hydrogen-bond donors (Lipinski definition) is 3. The van der Waals surface area contributed by atoms with Gasteiger partial charge in [0.1, 0.15) is 5.82 Å². The van der Waals surface area contributed by atoms with Gasteiger partial charge < -0.3 is 16.0 Å². The number of primary amides is 1. The van der Waals surface area contributed by atoms with E-state index in [2.05, 4.69) is 27.4 Å². The average molecular weight is 484 g/mol. The Balaban J connectivity index is 1.40. The number of rotatable bonds is 6. The Morgan fingerprint density at radius 2 is 1.74 bits per heavy atom. The molecule has 176 valence electrons. The molecule has 0 saturated heterocycles. The predicted molar refractivity (Wildman–Crippen MR) is 141 cm³/mol. The van der Waals surface area contributed by atoms with Gasteiger partial charge in [-0.25, -0.2) is 9.97 Å². The molecule has 2 amide bonds. The first kappa shape index (κ1) is 22.7. The van der Waals surface area contributed by atoms with Crippen LogP contribution in [-0.2, 0) is 11.2 Å². The number of hydrogen-bond acceptors (Lipinski definition) is 5. The highest BCUT2D eigenvalue weighted by Crippen LogP contribution is 2.29. The van der Waals surface area contributed by atoms with Crippen LogP contribution in [-0.4, -0.2) is 26.8 Å². The number of anilines is 1. The Hall–Kier alpha value is -4.04. The SMILES string of the molecule is Cc1nc2cc(NC(=O)c3ccc4nc(-c5c(C)cc(CCC(N)=O)cc5C)[nH]c4c3)ccc2s1. The molecule has 0 saturated carbocycles. The van der Waals surface area contributed by atoms with Gasteiger partial charge >= 0.3 is 0 Å². The molecule has 0 radical (unpaired) electrons. The Kier molecular flexibility index (Phi) is 5.82. The number of imidazole rings is 1. The van der Waals surface area contributed by atoms with Gasteiger partial charge in [0.25, 0.3) is 5.91 Å². The summed E-state index contributed by atoms with van der Waals surface area (Å²) in [7, 11) is 0. The molecule has 0 fully saturated rings. The van der Waals surface area contributed by atoms with Gasteiger partial charge in [0.2, 0.25) is 5.91 Å². The van der Waals surface area contributed by atoms with Crippen LogP contribution in [0.3, 0.4) is 0 Å². The minimum absolute atomic E-state index is 0.194. The fraction of sp³-hybridized carbons (Fsp3) is 0.185. The molecule has 4 N–H and O–H groups in total. The summed E-state index contributed by atoms with van der Waals surface area (Å²) in [4.78, 5) is 36.7. The van der Waals surface area contributed by atoms with E-state index in [9.17, 15) is 9.59 Å². The second-order valence-corrected chi connectivity index (χ2v) is 9.99. The first-order valence-electron chi connectivity index (χ1n) is 11.3. The summed E-state index contributed by atoms with van der Waals surface area (Å²) >= 11 is 1.63. The minimum Gasteiger partial charge on any atom is -0.370 e. The molecular weight excluding hydrogens is 458 g/mol. The van der Waals surface area contributed by atoms with Gasteiger partial charge in [-0.15, -0.1) is 11.3 Å². The van der Waals surface area contributed by atoms with Gasteiger partial charge in [-0.3, -0.25) is 9.59 Å². The summed E-state index contributed by atoms with van der Waals surface area (Å²) in [6.45, 7) is 6.03. The van der Waals surface area contributed by atoms with E-state index in [1.165, 1.54) is 0 Å². The first-order valence-corrected chi connectivity index (χ1v) is 12.2. The van der Waals surface area contributed by atoms with Crippen molar-refractivity contribution in [2.45, 2.75) is 33.6 Å². The van der Waals surface area contributed by atoms with Gasteiger partial charge in [-0.2, -0.15) is 0 Å². The molecule has 0 unspecified atom stereocenters. The number of aromatic nitrogens is 3. The molecule has 0 spiro atoms. The standard InChI is InChI=1S/C27H25N5O2S/c1-14-10-17(4-9-24(28)33)11-15(2)25(14)26-31-20-7-5-18(12-21(20)32-26)27(34)30-19-6-8-23-22(13-19)29-16(3)35-23/h5-8,10-13H,4,9H2,1-3H3,(H2,28,33)(H,30,34)(H,31,32). The van der Waals surface area contributed by atoms with E-state index in [1.54, 1.807) is 17.4 Å². The third kappa shape index (κ3) is 4.65. The zero-order valence-electron chi connectivity index (χ0n) is 19.7. The molecule has 2 aromatic heterocycles. The molecule has 3 aromatic carbocycles. The van der Waals surface area contributed by atoms with Crippen molar-refractivity contribution in [1.29, 1.82) is 0 Å². The van der Waals surface area contributed by atoms with E-state index in [0.717, 1.165) is 54.3 Å². The molecule has 0 aliphatic heterocycles. The normalized spacial score (nSPS) is 11.3. The lowest BCUT2D eigenvalue weighted by atomic mass is 9.96. The minimum atomic E-state index is -0.305. The second kappa shape index (κ2) is 8.96. The number of nitrogens with two attached hydrogens (primary N) is 1. The van der Waals surface area contributed by atoms with Crippen LogP contribution < -0.4 is 11.1 Å². The lowest BCUT2D eigenvalue weighted by Gasteiger charge is -2.10. The number of nitrogens with one attached hydrogen (secondary N) is 2. The first-order chi connectivity index (χ1) is 16.8. The number of carbonyl (C=O) groups excluding carboxylic acids is 2. The van der Waals surface area contributed by atoms with Crippen molar-refractivity contribution in [2.24, 2.45) is 5.73 Å². The summed E-state index contributed by atoms with van der Waals surface area (Å²) in [6, 6.07) is 15.3. The maximum absolute atomic E-state index is 12.9.